The van der Waals surface area contributed by atoms with E-state index in [1.807, 2.05) is 0 Å². The summed E-state index contributed by atoms with van der Waals surface area (Å²) in [7, 11) is 0. The number of nitrogens with two attached hydrogens (primary N) is 2. The molecule has 1 atom stereocenters. The molecule has 0 aromatic heterocycles. The van der Waals surface area contributed by atoms with Gasteiger partial charge in [-0.1, -0.05) is 0 Å². The minimum absolute atomic E-state index is 0. The molecular weight excluding hydrogens is 150 g/mol. The summed E-state index contributed by atoms with van der Waals surface area (Å²) in [5, 5.41) is 8.22. The normalized spacial score (nSPS) is 11.4. The number of aliphatic carboxylic acids is 1. The van der Waals surface area contributed by atoms with Gasteiger partial charge in [0.1, 0.15) is 6.04 Å². The quantitative estimate of drug-likeness (QED) is 0.413. The van der Waals surface area contributed by atoms with Crippen molar-refractivity contribution in [1.29, 1.82) is 0 Å². The molecule has 0 aliphatic rings. The third-order valence-corrected chi connectivity index (χ3v) is 1.02. The van der Waals surface area contributed by atoms with Crippen LogP contribution in [0.3, 0.4) is 0 Å². The second-order valence-corrected chi connectivity index (χ2v) is 1.95. The summed E-state index contributed by atoms with van der Waals surface area (Å²) in [5.41, 5.74) is 9.81. The fraction of sp³-hybridized carbons (Fsp3) is 0.600. The van der Waals surface area contributed by atoms with Crippen LogP contribution in [0.5, 0.6) is 0 Å². The molecule has 0 aliphatic carbocycles. The highest BCUT2D eigenvalue weighted by Gasteiger charge is 2.11. The number of hydrogen-bond donors (Lipinski definition) is 4. The Bertz CT molecular complexity index is 148. The first kappa shape index (κ1) is 12.5. The van der Waals surface area contributed by atoms with E-state index in [4.69, 9.17) is 16.6 Å². The van der Waals surface area contributed by atoms with Gasteiger partial charge in [-0.3, -0.25) is 9.59 Å². The second kappa shape index (κ2) is 5.63. The highest BCUT2D eigenvalue weighted by atomic mass is 16.4. The van der Waals surface area contributed by atoms with Crippen LogP contribution >= 0.6 is 0 Å². The molecule has 0 aromatic rings. The number of carbonyl (C=O) groups is 2. The zero-order valence-electron chi connectivity index (χ0n) is 6.12. The van der Waals surface area contributed by atoms with E-state index >= 15 is 0 Å². The molecule has 6 nitrogen and oxygen atoms in total. The fourth-order valence-corrected chi connectivity index (χ4v) is 0.421. The van der Waals surface area contributed by atoms with Gasteiger partial charge in [0.05, 0.1) is 0 Å². The Morgan fingerprint density at radius 2 is 1.91 bits per heavy atom. The van der Waals surface area contributed by atoms with Crippen molar-refractivity contribution in [2.75, 3.05) is 0 Å². The summed E-state index contributed by atoms with van der Waals surface area (Å²) >= 11 is 0. The Kier molecular flexibility index (Phi) is 6.41. The molecule has 0 aliphatic heterocycles. The first-order chi connectivity index (χ1) is 4.54. The van der Waals surface area contributed by atoms with Gasteiger partial charge >= 0.3 is 5.97 Å². The molecule has 0 aromatic carbocycles. The molecule has 0 spiro atoms. The average Bonchev–Trinajstić information content (AvgIpc) is 1.82. The Labute approximate surface area is 64.1 Å². The smallest absolute Gasteiger partial charge is 0.320 e. The van der Waals surface area contributed by atoms with E-state index in [0.29, 0.717) is 0 Å². The molecule has 0 saturated carbocycles. The van der Waals surface area contributed by atoms with Crippen molar-refractivity contribution < 1.29 is 14.7 Å². The van der Waals surface area contributed by atoms with Gasteiger partial charge in [0.25, 0.3) is 0 Å². The van der Waals surface area contributed by atoms with Crippen molar-refractivity contribution in [2.24, 2.45) is 11.5 Å². The molecule has 0 saturated heterocycles. The zero-order chi connectivity index (χ0) is 8.15. The minimum Gasteiger partial charge on any atom is -0.480 e. The molecule has 0 rings (SSSR count). The van der Waals surface area contributed by atoms with Gasteiger partial charge in [0.15, 0.2) is 0 Å². The van der Waals surface area contributed by atoms with Crippen molar-refractivity contribution in [3.05, 3.63) is 0 Å². The predicted octanol–water partition coefficient (Wildman–Crippen LogP) is -1.17. The Hall–Kier alpha value is -1.14. The molecule has 1 amide bonds. The minimum atomic E-state index is -1.11. The van der Waals surface area contributed by atoms with Crippen LogP contribution in [-0.4, -0.2) is 23.0 Å². The highest BCUT2D eigenvalue weighted by molar-refractivity contribution is 5.76. The van der Waals surface area contributed by atoms with Crippen LogP contribution in [0.2, 0.25) is 0 Å². The number of carboxylic acids is 1. The lowest BCUT2D eigenvalue weighted by Crippen LogP contribution is -2.31. The molecule has 1 unspecified atom stereocenters. The fourth-order valence-electron chi connectivity index (χ4n) is 0.421. The molecule has 66 valence electrons. The number of amides is 1. The third kappa shape index (κ3) is 6.75. The van der Waals surface area contributed by atoms with E-state index in [1.165, 1.54) is 0 Å². The van der Waals surface area contributed by atoms with Gasteiger partial charge in [-0.05, 0) is 6.42 Å². The SMILES string of the molecule is N.NC(=O)CCC(N)C(=O)O. The van der Waals surface area contributed by atoms with Crippen LogP contribution in [0, 0.1) is 0 Å². The van der Waals surface area contributed by atoms with Crippen molar-refractivity contribution >= 4 is 11.9 Å². The summed E-state index contributed by atoms with van der Waals surface area (Å²) in [4.78, 5) is 20.1. The van der Waals surface area contributed by atoms with Gasteiger partial charge in [-0.15, -0.1) is 0 Å². The van der Waals surface area contributed by atoms with Gasteiger partial charge in [0.2, 0.25) is 5.91 Å². The molecule has 6 heteroatoms. The summed E-state index contributed by atoms with van der Waals surface area (Å²) in [5.74, 6) is -1.64. The molecule has 0 bridgehead atoms. The lowest BCUT2D eigenvalue weighted by molar-refractivity contribution is -0.138. The second-order valence-electron chi connectivity index (χ2n) is 1.95. The topological polar surface area (TPSA) is 141 Å². The van der Waals surface area contributed by atoms with Crippen molar-refractivity contribution in [3.8, 4) is 0 Å². The first-order valence-corrected chi connectivity index (χ1v) is 2.80. The summed E-state index contributed by atoms with van der Waals surface area (Å²) in [6.45, 7) is 0. The van der Waals surface area contributed by atoms with Crippen molar-refractivity contribution in [1.82, 2.24) is 6.15 Å². The van der Waals surface area contributed by atoms with E-state index in [-0.39, 0.29) is 19.0 Å². The maximum atomic E-state index is 10.1. The number of primary amides is 1. The molecule has 0 radical (unpaired) electrons. The molecule has 0 heterocycles. The maximum Gasteiger partial charge on any atom is 0.320 e. The van der Waals surface area contributed by atoms with Crippen LogP contribution in [0.15, 0.2) is 0 Å². The first-order valence-electron chi connectivity index (χ1n) is 2.80. The average molecular weight is 163 g/mol. The zero-order valence-corrected chi connectivity index (χ0v) is 6.12. The maximum absolute atomic E-state index is 10.1. The Balaban J connectivity index is 0. The Morgan fingerprint density at radius 3 is 2.18 bits per heavy atom. The van der Waals surface area contributed by atoms with Crippen LogP contribution in [0.4, 0.5) is 0 Å². The van der Waals surface area contributed by atoms with E-state index < -0.39 is 17.9 Å². The lowest BCUT2D eigenvalue weighted by Gasteiger charge is -2.01. The van der Waals surface area contributed by atoms with Crippen LogP contribution < -0.4 is 17.6 Å². The molecule has 8 N–H and O–H groups in total. The van der Waals surface area contributed by atoms with Gasteiger partial charge < -0.3 is 22.7 Å². The summed E-state index contributed by atoms with van der Waals surface area (Å²) in [6, 6.07) is -0.979. The largest absolute Gasteiger partial charge is 0.480 e. The van der Waals surface area contributed by atoms with Crippen molar-refractivity contribution in [2.45, 2.75) is 18.9 Å². The third-order valence-electron chi connectivity index (χ3n) is 1.02. The number of rotatable bonds is 4. The predicted molar refractivity (Wildman–Crippen MR) is 39.1 cm³/mol. The summed E-state index contributed by atoms with van der Waals surface area (Å²) in [6.07, 6.45) is 0.123. The van der Waals surface area contributed by atoms with Crippen LogP contribution in [0.25, 0.3) is 0 Å². The standard InChI is InChI=1S/C5H10N2O3.H3N/c6-3(5(9)10)1-2-4(7)8;/h3H,1-2,6H2,(H2,7,8)(H,9,10);1H3. The van der Waals surface area contributed by atoms with Crippen molar-refractivity contribution in [3.63, 3.8) is 0 Å². The number of hydrogen-bond acceptors (Lipinski definition) is 4. The molecule has 11 heavy (non-hydrogen) atoms. The van der Waals surface area contributed by atoms with E-state index in [0.717, 1.165) is 0 Å². The van der Waals surface area contributed by atoms with E-state index in [1.54, 1.807) is 0 Å². The lowest BCUT2D eigenvalue weighted by atomic mass is 10.2. The summed E-state index contributed by atoms with van der Waals surface area (Å²) < 4.78 is 0. The Morgan fingerprint density at radius 1 is 1.45 bits per heavy atom. The van der Waals surface area contributed by atoms with Gasteiger partial charge in [0, 0.05) is 6.42 Å². The molecular formula is C5H13N3O3. The monoisotopic (exact) mass is 163 g/mol. The van der Waals surface area contributed by atoms with E-state index in [9.17, 15) is 9.59 Å². The number of carbonyl (C=O) groups excluding carboxylic acids is 1. The highest BCUT2D eigenvalue weighted by Crippen LogP contribution is 1.92. The molecule has 0 fully saturated rings. The van der Waals surface area contributed by atoms with Gasteiger partial charge in [-0.2, -0.15) is 0 Å². The van der Waals surface area contributed by atoms with Crippen LogP contribution in [-0.2, 0) is 9.59 Å². The van der Waals surface area contributed by atoms with Crippen LogP contribution in [0.1, 0.15) is 12.8 Å². The van der Waals surface area contributed by atoms with Gasteiger partial charge in [-0.25, -0.2) is 0 Å². The van der Waals surface area contributed by atoms with E-state index in [2.05, 4.69) is 0 Å². The number of carboxylic acid groups (broad SMARTS) is 1.